The summed E-state index contributed by atoms with van der Waals surface area (Å²) in [6, 6.07) is 7.41. The molecule has 1 unspecified atom stereocenters. The van der Waals surface area contributed by atoms with Crippen LogP contribution in [0.25, 0.3) is 0 Å². The molecule has 14 heavy (non-hydrogen) atoms. The molecule has 0 aromatic heterocycles. The van der Waals surface area contributed by atoms with Crippen molar-refractivity contribution in [1.82, 2.24) is 10.9 Å². The van der Waals surface area contributed by atoms with Crippen LogP contribution in [0.1, 0.15) is 11.7 Å². The molecule has 0 aliphatic heterocycles. The highest BCUT2D eigenvalue weighted by atomic mass is 16.5. The van der Waals surface area contributed by atoms with E-state index in [4.69, 9.17) is 10.3 Å². The third-order valence-electron chi connectivity index (χ3n) is 1.84. The minimum Gasteiger partial charge on any atom is -0.497 e. The number of hydrogen-bond acceptors (Lipinski definition) is 5. The maximum absolute atomic E-state index is 6.99. The molecule has 0 fully saturated rings. The van der Waals surface area contributed by atoms with Crippen molar-refractivity contribution in [2.45, 2.75) is 6.17 Å². The van der Waals surface area contributed by atoms with Crippen molar-refractivity contribution in [3.8, 4) is 5.75 Å². The standard InChI is InChI=1S/C9H14N4O/c1-11-13-9(12-10)7-3-5-8(14-2)6-4-7/h3-6,9-11,13H,1-2H3. The summed E-state index contributed by atoms with van der Waals surface area (Å²) in [5.41, 5.74) is 13.5. The van der Waals surface area contributed by atoms with Crippen LogP contribution >= 0.6 is 0 Å². The van der Waals surface area contributed by atoms with E-state index in [1.807, 2.05) is 24.3 Å². The lowest BCUT2D eigenvalue weighted by Gasteiger charge is -2.12. The van der Waals surface area contributed by atoms with Gasteiger partial charge in [0.15, 0.2) is 6.17 Å². The van der Waals surface area contributed by atoms with Gasteiger partial charge in [0, 0.05) is 0 Å². The van der Waals surface area contributed by atoms with Gasteiger partial charge in [-0.05, 0) is 24.7 Å². The van der Waals surface area contributed by atoms with E-state index >= 15 is 0 Å². The molecule has 5 nitrogen and oxygen atoms in total. The van der Waals surface area contributed by atoms with Crippen LogP contribution in [-0.2, 0) is 0 Å². The van der Waals surface area contributed by atoms with E-state index in [1.165, 1.54) is 0 Å². The maximum Gasteiger partial charge on any atom is 0.158 e. The van der Waals surface area contributed by atoms with Crippen LogP contribution < -0.4 is 15.6 Å². The average Bonchev–Trinajstić information content (AvgIpc) is 2.26. The van der Waals surface area contributed by atoms with E-state index in [2.05, 4.69) is 16.0 Å². The van der Waals surface area contributed by atoms with Gasteiger partial charge in [0.25, 0.3) is 0 Å². The third-order valence-corrected chi connectivity index (χ3v) is 1.84. The topological polar surface area (TPSA) is 69.5 Å². The van der Waals surface area contributed by atoms with Gasteiger partial charge in [-0.3, -0.25) is 5.43 Å². The lowest BCUT2D eigenvalue weighted by molar-refractivity contribution is 0.413. The fourth-order valence-electron chi connectivity index (χ4n) is 1.11. The van der Waals surface area contributed by atoms with Crippen molar-refractivity contribution >= 4 is 0 Å². The second-order valence-electron chi connectivity index (χ2n) is 2.70. The van der Waals surface area contributed by atoms with Crippen molar-refractivity contribution < 1.29 is 4.74 Å². The highest BCUT2D eigenvalue weighted by Gasteiger charge is 2.07. The summed E-state index contributed by atoms with van der Waals surface area (Å²) >= 11 is 0. The van der Waals surface area contributed by atoms with Gasteiger partial charge >= 0.3 is 0 Å². The van der Waals surface area contributed by atoms with Crippen molar-refractivity contribution in [3.05, 3.63) is 29.8 Å². The summed E-state index contributed by atoms with van der Waals surface area (Å²) in [6.45, 7) is 0. The van der Waals surface area contributed by atoms with Crippen LogP contribution in [0.15, 0.2) is 29.4 Å². The zero-order chi connectivity index (χ0) is 10.4. The monoisotopic (exact) mass is 194 g/mol. The molecule has 0 saturated carbocycles. The summed E-state index contributed by atoms with van der Waals surface area (Å²) in [6.07, 6.45) is -0.356. The van der Waals surface area contributed by atoms with Crippen LogP contribution in [-0.4, -0.2) is 14.2 Å². The molecular formula is C9H14N4O. The molecule has 0 heterocycles. The lowest BCUT2D eigenvalue weighted by Crippen LogP contribution is -2.30. The summed E-state index contributed by atoms with van der Waals surface area (Å²) in [5.74, 6) is 0.793. The first-order chi connectivity index (χ1) is 6.81. The predicted molar refractivity (Wildman–Crippen MR) is 53.1 cm³/mol. The Hall–Kier alpha value is -1.46. The Morgan fingerprint density at radius 2 is 2.00 bits per heavy atom. The normalized spacial score (nSPS) is 12.1. The summed E-state index contributed by atoms with van der Waals surface area (Å²) in [7, 11) is 3.36. The Morgan fingerprint density at radius 1 is 1.36 bits per heavy atom. The van der Waals surface area contributed by atoms with Crippen LogP contribution in [0.4, 0.5) is 0 Å². The molecule has 0 aliphatic carbocycles. The highest BCUT2D eigenvalue weighted by molar-refractivity contribution is 5.28. The van der Waals surface area contributed by atoms with Gasteiger partial charge in [-0.25, -0.2) is 11.0 Å². The Balaban J connectivity index is 2.78. The van der Waals surface area contributed by atoms with E-state index < -0.39 is 0 Å². The fraction of sp³-hybridized carbons (Fsp3) is 0.333. The van der Waals surface area contributed by atoms with E-state index in [0.717, 1.165) is 11.3 Å². The van der Waals surface area contributed by atoms with E-state index in [-0.39, 0.29) is 6.17 Å². The van der Waals surface area contributed by atoms with Gasteiger partial charge in [-0.2, -0.15) is 5.11 Å². The summed E-state index contributed by atoms with van der Waals surface area (Å²) in [4.78, 5) is 0. The molecule has 0 amide bonds. The first-order valence-electron chi connectivity index (χ1n) is 4.24. The second-order valence-corrected chi connectivity index (χ2v) is 2.70. The van der Waals surface area contributed by atoms with Gasteiger partial charge in [-0.15, -0.1) is 0 Å². The van der Waals surface area contributed by atoms with Gasteiger partial charge in [-0.1, -0.05) is 12.1 Å². The van der Waals surface area contributed by atoms with Gasteiger partial charge in [0.2, 0.25) is 0 Å². The number of hydrogen-bond donors (Lipinski definition) is 3. The SMILES string of the molecule is CNNC(N=N)c1ccc(OC)cc1. The van der Waals surface area contributed by atoms with Crippen LogP contribution in [0.3, 0.4) is 0 Å². The number of nitrogens with zero attached hydrogens (tertiary/aromatic N) is 1. The fourth-order valence-corrected chi connectivity index (χ4v) is 1.11. The van der Waals surface area contributed by atoms with Crippen molar-refractivity contribution in [2.75, 3.05) is 14.2 Å². The Labute approximate surface area is 82.9 Å². The molecule has 3 N–H and O–H groups in total. The minimum absolute atomic E-state index is 0.356. The smallest absolute Gasteiger partial charge is 0.158 e. The predicted octanol–water partition coefficient (Wildman–Crippen LogP) is 1.45. The Kier molecular flexibility index (Phi) is 4.03. The molecule has 1 atom stereocenters. The van der Waals surface area contributed by atoms with Crippen LogP contribution in [0.2, 0.25) is 0 Å². The summed E-state index contributed by atoms with van der Waals surface area (Å²) in [5, 5.41) is 3.44. The number of rotatable bonds is 5. The zero-order valence-electron chi connectivity index (χ0n) is 8.24. The average molecular weight is 194 g/mol. The molecular weight excluding hydrogens is 180 g/mol. The maximum atomic E-state index is 6.99. The van der Waals surface area contributed by atoms with Crippen molar-refractivity contribution in [3.63, 3.8) is 0 Å². The molecule has 0 spiro atoms. The van der Waals surface area contributed by atoms with E-state index in [0.29, 0.717) is 0 Å². The van der Waals surface area contributed by atoms with Gasteiger partial charge in [0.1, 0.15) is 5.75 Å². The Bertz CT molecular complexity index is 285. The number of methoxy groups -OCH3 is 1. The molecule has 0 bridgehead atoms. The zero-order valence-corrected chi connectivity index (χ0v) is 8.24. The summed E-state index contributed by atoms with van der Waals surface area (Å²) < 4.78 is 5.03. The van der Waals surface area contributed by atoms with Gasteiger partial charge in [0.05, 0.1) is 7.11 Å². The number of ether oxygens (including phenoxy) is 1. The third kappa shape index (κ3) is 2.51. The number of hydrazine groups is 1. The number of benzene rings is 1. The van der Waals surface area contributed by atoms with E-state index in [9.17, 15) is 0 Å². The molecule has 0 saturated heterocycles. The highest BCUT2D eigenvalue weighted by Crippen LogP contribution is 2.17. The Morgan fingerprint density at radius 3 is 2.43 bits per heavy atom. The molecule has 0 radical (unpaired) electrons. The van der Waals surface area contributed by atoms with Crippen molar-refractivity contribution in [1.29, 1.82) is 5.53 Å². The van der Waals surface area contributed by atoms with Gasteiger partial charge < -0.3 is 4.74 Å². The molecule has 1 aromatic rings. The molecule has 76 valence electrons. The minimum atomic E-state index is -0.356. The first-order valence-corrected chi connectivity index (χ1v) is 4.24. The molecule has 1 rings (SSSR count). The lowest BCUT2D eigenvalue weighted by atomic mass is 10.2. The van der Waals surface area contributed by atoms with Crippen molar-refractivity contribution in [2.24, 2.45) is 5.11 Å². The molecule has 0 aliphatic rings. The first kappa shape index (κ1) is 10.6. The largest absolute Gasteiger partial charge is 0.497 e. The van der Waals surface area contributed by atoms with Crippen LogP contribution in [0, 0.1) is 5.53 Å². The van der Waals surface area contributed by atoms with Crippen LogP contribution in [0.5, 0.6) is 5.75 Å². The second kappa shape index (κ2) is 5.31. The quantitative estimate of drug-likeness (QED) is 0.491. The van der Waals surface area contributed by atoms with E-state index in [1.54, 1.807) is 14.2 Å². The molecule has 5 heteroatoms. The number of nitrogens with one attached hydrogen (secondary N) is 3. The molecule has 1 aromatic carbocycles.